The van der Waals surface area contributed by atoms with E-state index in [0.717, 1.165) is 19.3 Å². The minimum atomic E-state index is -0.992. The van der Waals surface area contributed by atoms with E-state index >= 15 is 0 Å². The second kappa shape index (κ2) is 6.95. The molecule has 5 heteroatoms. The van der Waals surface area contributed by atoms with Crippen LogP contribution >= 0.6 is 0 Å². The summed E-state index contributed by atoms with van der Waals surface area (Å²) in [5.74, 6) is 0.0218. The van der Waals surface area contributed by atoms with Crippen LogP contribution in [0.3, 0.4) is 0 Å². The number of carbonyl (C=O) groups excluding carboxylic acids is 1. The maximum atomic E-state index is 11.7. The molecule has 0 heterocycles. The smallest absolute Gasteiger partial charge is 0.408 e. The van der Waals surface area contributed by atoms with Gasteiger partial charge in [-0.2, -0.15) is 0 Å². The third-order valence-corrected chi connectivity index (χ3v) is 3.60. The molecule has 0 aromatic rings. The van der Waals surface area contributed by atoms with Crippen LogP contribution in [0.2, 0.25) is 0 Å². The Hall–Kier alpha value is -1.26. The number of amides is 1. The first-order chi connectivity index (χ1) is 9.17. The monoisotopic (exact) mass is 285 g/mol. The summed E-state index contributed by atoms with van der Waals surface area (Å²) in [6.45, 7) is 7.46. The van der Waals surface area contributed by atoms with E-state index in [-0.39, 0.29) is 0 Å². The molecule has 0 aromatic heterocycles. The third kappa shape index (κ3) is 6.26. The highest BCUT2D eigenvalue weighted by Crippen LogP contribution is 2.31. The highest BCUT2D eigenvalue weighted by molar-refractivity contribution is 5.80. The van der Waals surface area contributed by atoms with Crippen molar-refractivity contribution in [1.82, 2.24) is 5.32 Å². The molecule has 0 saturated heterocycles. The molecule has 0 bridgehead atoms. The van der Waals surface area contributed by atoms with Crippen LogP contribution < -0.4 is 5.32 Å². The zero-order valence-electron chi connectivity index (χ0n) is 12.9. The number of nitrogens with one attached hydrogen (secondary N) is 1. The number of hydrogen-bond donors (Lipinski definition) is 2. The third-order valence-electron chi connectivity index (χ3n) is 3.60. The van der Waals surface area contributed by atoms with Gasteiger partial charge in [0.1, 0.15) is 11.6 Å². The second-order valence-electron chi connectivity index (χ2n) is 6.91. The Morgan fingerprint density at radius 2 is 2.00 bits per heavy atom. The van der Waals surface area contributed by atoms with Crippen molar-refractivity contribution in [3.05, 3.63) is 0 Å². The van der Waals surface area contributed by atoms with Gasteiger partial charge in [0.25, 0.3) is 0 Å². The summed E-state index contributed by atoms with van der Waals surface area (Å²) in [4.78, 5) is 23.0. The molecule has 0 radical (unpaired) electrons. The summed E-state index contributed by atoms with van der Waals surface area (Å²) in [6, 6.07) is -0.861. The van der Waals surface area contributed by atoms with Crippen molar-refractivity contribution in [2.45, 2.75) is 71.4 Å². The molecule has 20 heavy (non-hydrogen) atoms. The van der Waals surface area contributed by atoms with Crippen LogP contribution in [0.15, 0.2) is 0 Å². The van der Waals surface area contributed by atoms with E-state index in [1.807, 2.05) is 0 Å². The van der Waals surface area contributed by atoms with Gasteiger partial charge in [-0.3, -0.25) is 0 Å². The highest BCUT2D eigenvalue weighted by atomic mass is 16.6. The maximum absolute atomic E-state index is 11.7. The van der Waals surface area contributed by atoms with E-state index in [1.54, 1.807) is 20.8 Å². The number of carboxylic acid groups (broad SMARTS) is 1. The fourth-order valence-corrected chi connectivity index (χ4v) is 2.78. The average molecular weight is 285 g/mol. The molecule has 116 valence electrons. The zero-order valence-corrected chi connectivity index (χ0v) is 12.9. The molecule has 5 nitrogen and oxygen atoms in total. The summed E-state index contributed by atoms with van der Waals surface area (Å²) < 4.78 is 5.12. The summed E-state index contributed by atoms with van der Waals surface area (Å²) in [5.41, 5.74) is -0.619. The molecule has 0 aromatic carbocycles. The predicted octanol–water partition coefficient (Wildman–Crippen LogP) is 3.18. The first kappa shape index (κ1) is 16.8. The Labute approximate surface area is 121 Å². The number of carboxylic acids is 1. The van der Waals surface area contributed by atoms with Gasteiger partial charge in [0, 0.05) is 0 Å². The lowest BCUT2D eigenvalue weighted by molar-refractivity contribution is -0.140. The molecule has 0 spiro atoms. The van der Waals surface area contributed by atoms with E-state index < -0.39 is 23.7 Å². The predicted molar refractivity (Wildman–Crippen MR) is 76.5 cm³/mol. The second-order valence-corrected chi connectivity index (χ2v) is 6.91. The van der Waals surface area contributed by atoms with Crippen LogP contribution in [0.4, 0.5) is 4.79 Å². The van der Waals surface area contributed by atoms with E-state index in [9.17, 15) is 14.7 Å². The van der Waals surface area contributed by atoms with Crippen molar-refractivity contribution < 1.29 is 19.4 Å². The minimum Gasteiger partial charge on any atom is -0.480 e. The standard InChI is InChI=1S/C15H27NO4/c1-10-6-5-7-11(8-10)9-12(13(17)18)16-14(19)20-15(2,3)4/h10-12H,5-9H2,1-4H3,(H,16,19)(H,17,18). The molecule has 1 saturated carbocycles. The van der Waals surface area contributed by atoms with Crippen molar-refractivity contribution in [2.75, 3.05) is 0 Å². The Bertz CT molecular complexity index is 348. The van der Waals surface area contributed by atoms with Crippen LogP contribution in [0.5, 0.6) is 0 Å². The zero-order chi connectivity index (χ0) is 15.3. The van der Waals surface area contributed by atoms with E-state index in [0.29, 0.717) is 18.3 Å². The molecule has 0 aliphatic heterocycles. The van der Waals surface area contributed by atoms with Gasteiger partial charge >= 0.3 is 12.1 Å². The molecular weight excluding hydrogens is 258 g/mol. The molecule has 3 atom stereocenters. The van der Waals surface area contributed by atoms with Crippen LogP contribution in [0, 0.1) is 11.8 Å². The number of aliphatic carboxylic acids is 1. The summed E-state index contributed by atoms with van der Waals surface area (Å²) >= 11 is 0. The Kier molecular flexibility index (Phi) is 5.84. The first-order valence-electron chi connectivity index (χ1n) is 7.39. The Balaban J connectivity index is 2.52. The summed E-state index contributed by atoms with van der Waals surface area (Å²) in [7, 11) is 0. The topological polar surface area (TPSA) is 75.6 Å². The van der Waals surface area contributed by atoms with Gasteiger partial charge in [-0.05, 0) is 45.4 Å². The fraction of sp³-hybridized carbons (Fsp3) is 0.867. The lowest BCUT2D eigenvalue weighted by Crippen LogP contribution is -2.44. The molecular formula is C15H27NO4. The van der Waals surface area contributed by atoms with Crippen molar-refractivity contribution in [2.24, 2.45) is 11.8 Å². The van der Waals surface area contributed by atoms with Crippen molar-refractivity contribution in [3.8, 4) is 0 Å². The average Bonchev–Trinajstić information content (AvgIpc) is 2.25. The molecule has 1 fully saturated rings. The number of rotatable bonds is 4. The van der Waals surface area contributed by atoms with Gasteiger partial charge < -0.3 is 15.2 Å². The molecule has 1 aliphatic rings. The van der Waals surface area contributed by atoms with Gasteiger partial charge in [0.15, 0.2) is 0 Å². The van der Waals surface area contributed by atoms with Crippen molar-refractivity contribution in [1.29, 1.82) is 0 Å². The Morgan fingerprint density at radius 1 is 1.35 bits per heavy atom. The molecule has 2 N–H and O–H groups in total. The van der Waals surface area contributed by atoms with E-state index in [1.165, 1.54) is 6.42 Å². The van der Waals surface area contributed by atoms with Gasteiger partial charge in [-0.15, -0.1) is 0 Å². The summed E-state index contributed by atoms with van der Waals surface area (Å²) in [5, 5.41) is 11.7. The van der Waals surface area contributed by atoms with Gasteiger partial charge in [-0.25, -0.2) is 9.59 Å². The minimum absolute atomic E-state index is 0.370. The van der Waals surface area contributed by atoms with Gasteiger partial charge in [-0.1, -0.05) is 26.2 Å². The highest BCUT2D eigenvalue weighted by Gasteiger charge is 2.28. The van der Waals surface area contributed by atoms with Crippen molar-refractivity contribution >= 4 is 12.1 Å². The summed E-state index contributed by atoms with van der Waals surface area (Å²) in [6.07, 6.45) is 4.27. The van der Waals surface area contributed by atoms with Gasteiger partial charge in [0.05, 0.1) is 0 Å². The largest absolute Gasteiger partial charge is 0.480 e. The normalized spacial score (nSPS) is 24.8. The molecule has 1 rings (SSSR count). The molecule has 1 aliphatic carbocycles. The number of ether oxygens (including phenoxy) is 1. The lowest BCUT2D eigenvalue weighted by atomic mass is 9.79. The molecule has 1 amide bonds. The number of carbonyl (C=O) groups is 2. The number of alkyl carbamates (subject to hydrolysis) is 1. The SMILES string of the molecule is CC1CCCC(CC(NC(=O)OC(C)(C)C)C(=O)O)C1. The Morgan fingerprint density at radius 3 is 2.50 bits per heavy atom. The van der Waals surface area contributed by atoms with E-state index in [2.05, 4.69) is 12.2 Å². The van der Waals surface area contributed by atoms with Crippen LogP contribution in [-0.2, 0) is 9.53 Å². The van der Waals surface area contributed by atoms with Crippen LogP contribution in [0.1, 0.15) is 59.8 Å². The molecule has 3 unspecified atom stereocenters. The fourth-order valence-electron chi connectivity index (χ4n) is 2.78. The number of hydrogen-bond acceptors (Lipinski definition) is 3. The first-order valence-corrected chi connectivity index (χ1v) is 7.39. The lowest BCUT2D eigenvalue weighted by Gasteiger charge is -2.29. The van der Waals surface area contributed by atoms with Crippen LogP contribution in [0.25, 0.3) is 0 Å². The quantitative estimate of drug-likeness (QED) is 0.831. The maximum Gasteiger partial charge on any atom is 0.408 e. The van der Waals surface area contributed by atoms with E-state index in [4.69, 9.17) is 4.74 Å². The van der Waals surface area contributed by atoms with Crippen LogP contribution in [-0.4, -0.2) is 28.8 Å². The van der Waals surface area contributed by atoms with Crippen molar-refractivity contribution in [3.63, 3.8) is 0 Å². The van der Waals surface area contributed by atoms with Gasteiger partial charge in [0.2, 0.25) is 0 Å².